The number of nitrogens with zero attached hydrogens (tertiary/aromatic N) is 1. The van der Waals surface area contributed by atoms with Crippen molar-refractivity contribution in [2.75, 3.05) is 4.90 Å². The van der Waals surface area contributed by atoms with Gasteiger partial charge in [0, 0.05) is 6.07 Å². The van der Waals surface area contributed by atoms with Gasteiger partial charge < -0.3 is 25.0 Å². The van der Waals surface area contributed by atoms with Crippen LogP contribution in [-0.4, -0.2) is 15.3 Å². The molecule has 3 N–H and O–H groups in total. The zero-order valence-corrected chi connectivity index (χ0v) is 19.1. The van der Waals surface area contributed by atoms with E-state index in [2.05, 4.69) is 0 Å². The van der Waals surface area contributed by atoms with Crippen LogP contribution in [0.2, 0.25) is 0 Å². The quantitative estimate of drug-likeness (QED) is 0.303. The predicted octanol–water partition coefficient (Wildman–Crippen LogP) is 7.30. The molecule has 5 nitrogen and oxygen atoms in total. The number of rotatable bonds is 5. The van der Waals surface area contributed by atoms with Crippen molar-refractivity contribution in [3.05, 3.63) is 95.1 Å². The maximum atomic E-state index is 10.8. The molecule has 0 aliphatic heterocycles. The van der Waals surface area contributed by atoms with E-state index in [1.165, 1.54) is 0 Å². The normalized spacial score (nSPS) is 10.8. The summed E-state index contributed by atoms with van der Waals surface area (Å²) in [7, 11) is 0. The first-order valence-corrected chi connectivity index (χ1v) is 10.7. The van der Waals surface area contributed by atoms with E-state index >= 15 is 0 Å². The molecule has 0 saturated carbocycles. The summed E-state index contributed by atoms with van der Waals surface area (Å²) in [6.45, 7) is 7.58. The van der Waals surface area contributed by atoms with Crippen LogP contribution >= 0.6 is 0 Å². The van der Waals surface area contributed by atoms with Crippen molar-refractivity contribution < 1.29 is 20.1 Å². The highest BCUT2D eigenvalue weighted by molar-refractivity contribution is 5.86. The fourth-order valence-corrected chi connectivity index (χ4v) is 3.94. The lowest BCUT2D eigenvalue weighted by Crippen LogP contribution is -2.13. The van der Waals surface area contributed by atoms with Crippen LogP contribution in [0.15, 0.2) is 72.8 Å². The predicted molar refractivity (Wildman–Crippen MR) is 132 cm³/mol. The van der Waals surface area contributed by atoms with Crippen LogP contribution < -0.4 is 9.64 Å². The molecule has 0 radical (unpaired) electrons. The highest BCUT2D eigenvalue weighted by Crippen LogP contribution is 2.47. The number of para-hydroxylation sites is 2. The third-order valence-electron chi connectivity index (χ3n) is 5.89. The summed E-state index contributed by atoms with van der Waals surface area (Å²) in [6, 6.07) is 21.5. The first kappa shape index (κ1) is 22.1. The Morgan fingerprint density at radius 1 is 0.606 bits per heavy atom. The van der Waals surface area contributed by atoms with Gasteiger partial charge in [0.2, 0.25) is 0 Å². The maximum Gasteiger partial charge on any atom is 0.139 e. The lowest BCUT2D eigenvalue weighted by atomic mass is 10.1. The highest BCUT2D eigenvalue weighted by atomic mass is 16.5. The second-order valence-electron chi connectivity index (χ2n) is 8.15. The average Bonchev–Trinajstić information content (AvgIpc) is 2.78. The van der Waals surface area contributed by atoms with Gasteiger partial charge in [0.1, 0.15) is 28.7 Å². The Bertz CT molecular complexity index is 1240. The smallest absolute Gasteiger partial charge is 0.139 e. The minimum Gasteiger partial charge on any atom is -0.508 e. The number of phenols is 3. The van der Waals surface area contributed by atoms with Gasteiger partial charge in [-0.3, -0.25) is 0 Å². The Balaban J connectivity index is 1.87. The van der Waals surface area contributed by atoms with Crippen molar-refractivity contribution >= 4 is 17.1 Å². The minimum atomic E-state index is 0.106. The summed E-state index contributed by atoms with van der Waals surface area (Å²) in [5.41, 5.74) is 5.20. The molecule has 33 heavy (non-hydrogen) atoms. The van der Waals surface area contributed by atoms with E-state index in [1.807, 2.05) is 69.0 Å². The average molecular weight is 442 g/mol. The molecule has 0 atom stereocenters. The van der Waals surface area contributed by atoms with E-state index in [0.717, 1.165) is 27.9 Å². The molecule has 0 aliphatic rings. The van der Waals surface area contributed by atoms with Crippen LogP contribution in [0.4, 0.5) is 17.1 Å². The lowest BCUT2D eigenvalue weighted by Gasteiger charge is -2.29. The summed E-state index contributed by atoms with van der Waals surface area (Å²) < 4.78 is 6.17. The molecule has 0 heterocycles. The summed E-state index contributed by atoms with van der Waals surface area (Å²) >= 11 is 0. The summed E-state index contributed by atoms with van der Waals surface area (Å²) in [6.07, 6.45) is 0. The van der Waals surface area contributed by atoms with E-state index < -0.39 is 0 Å². The second-order valence-corrected chi connectivity index (χ2v) is 8.15. The van der Waals surface area contributed by atoms with E-state index in [9.17, 15) is 15.3 Å². The molecule has 0 fully saturated rings. The molecule has 168 valence electrons. The Labute approximate surface area is 193 Å². The molecular formula is C28H27NO4. The van der Waals surface area contributed by atoms with E-state index in [1.54, 1.807) is 36.4 Å². The largest absolute Gasteiger partial charge is 0.508 e. The second kappa shape index (κ2) is 8.79. The third-order valence-corrected chi connectivity index (χ3v) is 5.89. The Morgan fingerprint density at radius 2 is 1.18 bits per heavy atom. The number of aromatic hydroxyl groups is 3. The highest BCUT2D eigenvalue weighted by Gasteiger charge is 2.23. The standard InChI is InChI=1S/C28H27NO4/c1-17-8-5-12-24(31)27(17)29(28-18(2)9-6-13-25(28)32)21-10-7-11-22(16-21)33-26-15-14-23(30)19(3)20(26)4/h5-16,30-32H,1-4H3. The maximum absolute atomic E-state index is 10.8. The molecule has 4 aromatic rings. The van der Waals surface area contributed by atoms with Crippen LogP contribution in [-0.2, 0) is 0 Å². The molecule has 4 rings (SSSR count). The van der Waals surface area contributed by atoms with Crippen molar-refractivity contribution in [2.45, 2.75) is 27.7 Å². The van der Waals surface area contributed by atoms with Crippen molar-refractivity contribution in [3.8, 4) is 28.7 Å². The number of phenolic OH excluding ortho intramolecular Hbond substituents is 3. The van der Waals surface area contributed by atoms with E-state index in [0.29, 0.717) is 22.9 Å². The van der Waals surface area contributed by atoms with Gasteiger partial charge in [0.05, 0.1) is 17.1 Å². The molecule has 0 amide bonds. The topological polar surface area (TPSA) is 73.2 Å². The molecule has 0 bridgehead atoms. The SMILES string of the molecule is Cc1cccc(O)c1N(c1cccc(Oc2ccc(O)c(C)c2C)c1)c1c(C)cccc1O. The van der Waals surface area contributed by atoms with Gasteiger partial charge in [-0.15, -0.1) is 0 Å². The van der Waals surface area contributed by atoms with Gasteiger partial charge in [-0.05, 0) is 86.3 Å². The summed E-state index contributed by atoms with van der Waals surface area (Å²) in [5.74, 6) is 1.67. The molecule has 0 saturated heterocycles. The first-order valence-electron chi connectivity index (χ1n) is 10.7. The van der Waals surface area contributed by atoms with Gasteiger partial charge in [0.25, 0.3) is 0 Å². The molecule has 0 unspecified atom stereocenters. The Morgan fingerprint density at radius 3 is 1.76 bits per heavy atom. The fourth-order valence-electron chi connectivity index (χ4n) is 3.94. The van der Waals surface area contributed by atoms with Gasteiger partial charge >= 0.3 is 0 Å². The third kappa shape index (κ3) is 4.17. The molecular weight excluding hydrogens is 414 g/mol. The number of aryl methyl sites for hydroxylation is 2. The van der Waals surface area contributed by atoms with E-state index in [-0.39, 0.29) is 17.2 Å². The van der Waals surface area contributed by atoms with Crippen molar-refractivity contribution in [3.63, 3.8) is 0 Å². The molecule has 0 aromatic heterocycles. The van der Waals surface area contributed by atoms with Crippen LogP contribution in [0.5, 0.6) is 28.7 Å². The Kier molecular flexibility index (Phi) is 5.88. The minimum absolute atomic E-state index is 0.106. The van der Waals surface area contributed by atoms with Crippen molar-refractivity contribution in [1.29, 1.82) is 0 Å². The van der Waals surface area contributed by atoms with Gasteiger partial charge in [-0.1, -0.05) is 30.3 Å². The van der Waals surface area contributed by atoms with Crippen LogP contribution in [0.25, 0.3) is 0 Å². The first-order chi connectivity index (χ1) is 15.8. The zero-order valence-electron chi connectivity index (χ0n) is 19.1. The summed E-state index contributed by atoms with van der Waals surface area (Å²) in [5, 5.41) is 31.5. The molecule has 4 aromatic carbocycles. The number of hydrogen-bond donors (Lipinski definition) is 3. The Hall–Kier alpha value is -4.12. The van der Waals surface area contributed by atoms with Crippen LogP contribution in [0.1, 0.15) is 22.3 Å². The van der Waals surface area contributed by atoms with Gasteiger partial charge in [0.15, 0.2) is 0 Å². The molecule has 0 spiro atoms. The number of ether oxygens (including phenoxy) is 1. The summed E-state index contributed by atoms with van der Waals surface area (Å²) in [4.78, 5) is 1.84. The number of anilines is 3. The molecule has 0 aliphatic carbocycles. The van der Waals surface area contributed by atoms with Crippen molar-refractivity contribution in [1.82, 2.24) is 0 Å². The number of hydrogen-bond acceptors (Lipinski definition) is 5. The monoisotopic (exact) mass is 441 g/mol. The fraction of sp³-hybridized carbons (Fsp3) is 0.143. The van der Waals surface area contributed by atoms with Crippen LogP contribution in [0.3, 0.4) is 0 Å². The van der Waals surface area contributed by atoms with Gasteiger partial charge in [-0.2, -0.15) is 0 Å². The number of benzene rings is 4. The van der Waals surface area contributed by atoms with Crippen LogP contribution in [0, 0.1) is 27.7 Å². The van der Waals surface area contributed by atoms with E-state index in [4.69, 9.17) is 4.74 Å². The zero-order chi connectivity index (χ0) is 23.7. The lowest BCUT2D eigenvalue weighted by molar-refractivity contribution is 0.457. The van der Waals surface area contributed by atoms with Gasteiger partial charge in [-0.25, -0.2) is 0 Å². The van der Waals surface area contributed by atoms with Crippen molar-refractivity contribution in [2.24, 2.45) is 0 Å². The molecule has 5 heteroatoms.